The Hall–Kier alpha value is -2.33. The highest BCUT2D eigenvalue weighted by Crippen LogP contribution is 2.37. The molecule has 0 fully saturated rings. The van der Waals surface area contributed by atoms with E-state index in [4.69, 9.17) is 29.2 Å². The first kappa shape index (κ1) is 21.7. The monoisotopic (exact) mass is 372 g/mol. The van der Waals surface area contributed by atoms with Crippen LogP contribution in [0.4, 0.5) is 0 Å². The molecule has 4 N–H and O–H groups in total. The van der Waals surface area contributed by atoms with E-state index in [1.165, 1.54) is 32.4 Å². The Morgan fingerprint density at radius 2 is 1.69 bits per heavy atom. The number of methoxy groups -OCH3 is 2. The molecule has 1 aromatic rings. The van der Waals surface area contributed by atoms with Gasteiger partial charge in [0, 0.05) is 6.08 Å². The van der Waals surface area contributed by atoms with Crippen molar-refractivity contribution in [2.24, 2.45) is 0 Å². The molecule has 0 aliphatic rings. The molecule has 9 heteroatoms. The van der Waals surface area contributed by atoms with Crippen molar-refractivity contribution in [3.05, 3.63) is 23.8 Å². The van der Waals surface area contributed by atoms with Gasteiger partial charge < -0.3 is 39.4 Å². The molecule has 0 radical (unpaired) electrons. The van der Waals surface area contributed by atoms with Crippen molar-refractivity contribution in [3.63, 3.8) is 0 Å². The molecule has 0 bridgehead atoms. The molecule has 1 rings (SSSR count). The van der Waals surface area contributed by atoms with Crippen LogP contribution < -0.4 is 9.47 Å². The normalized spacial score (nSPS) is 12.4. The second-order valence-electron chi connectivity index (χ2n) is 5.21. The third kappa shape index (κ3) is 6.89. The maximum Gasteiger partial charge on any atom is 0.330 e. The van der Waals surface area contributed by atoms with Gasteiger partial charge in [-0.15, -0.1) is 0 Å². The highest BCUT2D eigenvalue weighted by Gasteiger charge is 2.13. The van der Waals surface area contributed by atoms with E-state index in [1.54, 1.807) is 0 Å². The van der Waals surface area contributed by atoms with Gasteiger partial charge in [-0.3, -0.25) is 0 Å². The Morgan fingerprint density at radius 1 is 1.12 bits per heavy atom. The fourth-order valence-electron chi connectivity index (χ4n) is 1.86. The van der Waals surface area contributed by atoms with Crippen LogP contribution in [0.3, 0.4) is 0 Å². The minimum absolute atomic E-state index is 0.151. The summed E-state index contributed by atoms with van der Waals surface area (Å²) in [5.74, 6) is -0.475. The number of rotatable bonds is 11. The van der Waals surface area contributed by atoms with Crippen molar-refractivity contribution in [1.29, 1.82) is 0 Å². The topological polar surface area (TPSA) is 135 Å². The first-order chi connectivity index (χ1) is 12.4. The lowest BCUT2D eigenvalue weighted by Crippen LogP contribution is -2.30. The van der Waals surface area contributed by atoms with Crippen LogP contribution in [0.2, 0.25) is 0 Å². The van der Waals surface area contributed by atoms with Crippen LogP contribution in [-0.2, 0) is 14.3 Å². The summed E-state index contributed by atoms with van der Waals surface area (Å²) in [5.41, 5.74) is 0.533. The highest BCUT2D eigenvalue weighted by atomic mass is 16.6. The summed E-state index contributed by atoms with van der Waals surface area (Å²) in [4.78, 5) is 11.7. The number of hydrogen-bond donors (Lipinski definition) is 4. The second kappa shape index (κ2) is 11.3. The number of hydrogen-bond acceptors (Lipinski definition) is 9. The van der Waals surface area contributed by atoms with Crippen molar-refractivity contribution >= 4 is 12.0 Å². The van der Waals surface area contributed by atoms with E-state index in [0.717, 1.165) is 6.08 Å². The summed E-state index contributed by atoms with van der Waals surface area (Å²) in [6.07, 6.45) is 0.688. The predicted molar refractivity (Wildman–Crippen MR) is 91.1 cm³/mol. The number of phenolic OH excluding ortho intramolecular Hbond substituents is 1. The van der Waals surface area contributed by atoms with E-state index in [0.29, 0.717) is 5.56 Å². The van der Waals surface area contributed by atoms with E-state index >= 15 is 0 Å². The number of carbonyl (C=O) groups excluding carboxylic acids is 1. The first-order valence-corrected chi connectivity index (χ1v) is 7.76. The lowest BCUT2D eigenvalue weighted by Gasteiger charge is -2.15. The lowest BCUT2D eigenvalue weighted by atomic mass is 10.1. The van der Waals surface area contributed by atoms with E-state index in [1.807, 2.05) is 0 Å². The maximum atomic E-state index is 11.7. The standard InChI is InChI=1S/C17H24O9/c1-23-14-5-11(6-15(24-2)17(14)22)3-4-16(21)26-10-12(20)9-25-13(7-18)8-19/h3-6,12-13,18-20,22H,7-10H2,1-2H3/b4-3+. The molecule has 9 nitrogen and oxygen atoms in total. The summed E-state index contributed by atoms with van der Waals surface area (Å²) >= 11 is 0. The maximum absolute atomic E-state index is 11.7. The second-order valence-corrected chi connectivity index (χ2v) is 5.21. The molecular weight excluding hydrogens is 348 g/mol. The molecule has 1 atom stereocenters. The molecule has 0 saturated heterocycles. The fraction of sp³-hybridized carbons (Fsp3) is 0.471. The third-order valence-electron chi connectivity index (χ3n) is 3.26. The summed E-state index contributed by atoms with van der Waals surface area (Å²) in [6, 6.07) is 3.02. The van der Waals surface area contributed by atoms with Crippen molar-refractivity contribution in [3.8, 4) is 17.2 Å². The van der Waals surface area contributed by atoms with Crippen molar-refractivity contribution in [1.82, 2.24) is 0 Å². The largest absolute Gasteiger partial charge is 0.502 e. The van der Waals surface area contributed by atoms with Gasteiger partial charge in [0.05, 0.1) is 34.0 Å². The number of carbonyl (C=O) groups is 1. The van der Waals surface area contributed by atoms with Gasteiger partial charge in [-0.2, -0.15) is 0 Å². The zero-order valence-electron chi connectivity index (χ0n) is 14.6. The molecule has 0 aromatic heterocycles. The average Bonchev–Trinajstić information content (AvgIpc) is 2.66. The lowest BCUT2D eigenvalue weighted by molar-refractivity contribution is -0.143. The van der Waals surface area contributed by atoms with Gasteiger partial charge in [0.25, 0.3) is 0 Å². The molecule has 1 unspecified atom stereocenters. The first-order valence-electron chi connectivity index (χ1n) is 7.76. The number of aliphatic hydroxyl groups excluding tert-OH is 3. The van der Waals surface area contributed by atoms with E-state index in [-0.39, 0.29) is 43.7 Å². The number of esters is 1. The van der Waals surface area contributed by atoms with Crippen LogP contribution in [0.5, 0.6) is 17.2 Å². The van der Waals surface area contributed by atoms with Gasteiger partial charge in [-0.25, -0.2) is 4.79 Å². The molecule has 0 aliphatic heterocycles. The predicted octanol–water partition coefficient (Wildman–Crippen LogP) is -0.304. The van der Waals surface area contributed by atoms with Crippen LogP contribution in [0.1, 0.15) is 5.56 Å². The van der Waals surface area contributed by atoms with Gasteiger partial charge in [-0.05, 0) is 23.8 Å². The van der Waals surface area contributed by atoms with Crippen molar-refractivity contribution in [2.45, 2.75) is 12.2 Å². The van der Waals surface area contributed by atoms with E-state index < -0.39 is 18.2 Å². The molecule has 26 heavy (non-hydrogen) atoms. The molecule has 0 aliphatic carbocycles. The number of ether oxygens (including phenoxy) is 4. The van der Waals surface area contributed by atoms with Gasteiger partial charge in [0.2, 0.25) is 5.75 Å². The molecule has 0 amide bonds. The van der Waals surface area contributed by atoms with Crippen molar-refractivity contribution < 1.29 is 44.2 Å². The van der Waals surface area contributed by atoms with Crippen molar-refractivity contribution in [2.75, 3.05) is 40.6 Å². The quantitative estimate of drug-likeness (QED) is 0.305. The number of aliphatic hydroxyl groups is 3. The van der Waals surface area contributed by atoms with Crippen LogP contribution >= 0.6 is 0 Å². The van der Waals surface area contributed by atoms with Gasteiger partial charge in [0.15, 0.2) is 11.5 Å². The van der Waals surface area contributed by atoms with Crippen LogP contribution in [0, 0.1) is 0 Å². The van der Waals surface area contributed by atoms with Crippen LogP contribution in [0.25, 0.3) is 6.08 Å². The fourth-order valence-corrected chi connectivity index (χ4v) is 1.86. The van der Waals surface area contributed by atoms with Gasteiger partial charge in [-0.1, -0.05) is 0 Å². The highest BCUT2D eigenvalue weighted by molar-refractivity contribution is 5.87. The Labute approximate surface area is 151 Å². The Bertz CT molecular complexity index is 571. The molecule has 0 heterocycles. The van der Waals surface area contributed by atoms with E-state index in [9.17, 15) is 15.0 Å². The number of phenols is 1. The summed E-state index contributed by atoms with van der Waals surface area (Å²) in [6.45, 7) is -1.28. The molecule has 0 spiro atoms. The summed E-state index contributed by atoms with van der Waals surface area (Å²) < 4.78 is 19.9. The Morgan fingerprint density at radius 3 is 2.19 bits per heavy atom. The van der Waals surface area contributed by atoms with Crippen LogP contribution in [0.15, 0.2) is 18.2 Å². The zero-order valence-corrected chi connectivity index (χ0v) is 14.6. The van der Waals surface area contributed by atoms with E-state index in [2.05, 4.69) is 0 Å². The zero-order chi connectivity index (χ0) is 19.5. The average molecular weight is 372 g/mol. The van der Waals surface area contributed by atoms with Crippen LogP contribution in [-0.4, -0.2) is 79.3 Å². The minimum atomic E-state index is -1.10. The molecule has 146 valence electrons. The summed E-state index contributed by atoms with van der Waals surface area (Å²) in [7, 11) is 2.77. The van der Waals surface area contributed by atoms with Gasteiger partial charge >= 0.3 is 5.97 Å². The Balaban J connectivity index is 2.55. The smallest absolute Gasteiger partial charge is 0.330 e. The third-order valence-corrected chi connectivity index (χ3v) is 3.26. The molecular formula is C17H24O9. The number of aromatic hydroxyl groups is 1. The van der Waals surface area contributed by atoms with Gasteiger partial charge in [0.1, 0.15) is 18.8 Å². The molecule has 1 aromatic carbocycles. The molecule has 0 saturated carbocycles. The Kier molecular flexibility index (Phi) is 9.45. The summed E-state index contributed by atoms with van der Waals surface area (Å²) in [5, 5.41) is 37.1. The number of benzene rings is 1. The SMILES string of the molecule is COc1cc(/C=C/C(=O)OCC(O)COC(CO)CO)cc(OC)c1O. The minimum Gasteiger partial charge on any atom is -0.502 e.